The van der Waals surface area contributed by atoms with E-state index in [1.807, 2.05) is 6.92 Å². The third kappa shape index (κ3) is 3.61. The molecule has 0 amide bonds. The zero-order valence-corrected chi connectivity index (χ0v) is 13.7. The first-order valence-corrected chi connectivity index (χ1v) is 7.81. The number of piperidine rings is 1. The Morgan fingerprint density at radius 2 is 1.95 bits per heavy atom. The van der Waals surface area contributed by atoms with Gasteiger partial charge >= 0.3 is 0 Å². The lowest BCUT2D eigenvalue weighted by Crippen LogP contribution is -2.36. The van der Waals surface area contributed by atoms with E-state index < -0.39 is 0 Å². The van der Waals surface area contributed by atoms with Gasteiger partial charge in [0.2, 0.25) is 0 Å². The average molecular weight is 297 g/mol. The van der Waals surface area contributed by atoms with Crippen molar-refractivity contribution in [2.24, 2.45) is 5.92 Å². The fraction of sp³-hybridized carbons (Fsp3) is 0.733. The Balaban J connectivity index is 2.08. The predicted octanol–water partition coefficient (Wildman–Crippen LogP) is 2.78. The third-order valence-corrected chi connectivity index (χ3v) is 4.52. The first kappa shape index (κ1) is 15.5. The van der Waals surface area contributed by atoms with Gasteiger partial charge in [-0.05, 0) is 45.8 Å². The standard InChI is InChI=1S/C15H25ClN4/c1-5-13-17-14(16)11(2)15(18-13)20(4)10-12-6-8-19(3)9-7-12/h12H,5-10H2,1-4H3. The van der Waals surface area contributed by atoms with Crippen LogP contribution in [0.5, 0.6) is 0 Å². The topological polar surface area (TPSA) is 32.3 Å². The maximum absolute atomic E-state index is 6.22. The van der Waals surface area contributed by atoms with E-state index in [2.05, 4.69) is 40.8 Å². The van der Waals surface area contributed by atoms with Crippen LogP contribution in [0.1, 0.15) is 31.2 Å². The summed E-state index contributed by atoms with van der Waals surface area (Å²) in [5, 5.41) is 0.585. The molecule has 0 saturated carbocycles. The van der Waals surface area contributed by atoms with Gasteiger partial charge in [-0.15, -0.1) is 0 Å². The minimum Gasteiger partial charge on any atom is -0.359 e. The monoisotopic (exact) mass is 296 g/mol. The van der Waals surface area contributed by atoms with E-state index in [0.29, 0.717) is 5.15 Å². The summed E-state index contributed by atoms with van der Waals surface area (Å²) in [6.45, 7) is 7.50. The molecule has 0 aliphatic carbocycles. The third-order valence-electron chi connectivity index (χ3n) is 4.16. The summed E-state index contributed by atoms with van der Waals surface area (Å²) in [4.78, 5) is 13.6. The fourth-order valence-electron chi connectivity index (χ4n) is 2.77. The zero-order chi connectivity index (χ0) is 14.7. The molecule has 1 aromatic heterocycles. The van der Waals surface area contributed by atoms with Crippen molar-refractivity contribution >= 4 is 17.4 Å². The van der Waals surface area contributed by atoms with E-state index in [-0.39, 0.29) is 0 Å². The molecule has 2 heterocycles. The molecular weight excluding hydrogens is 272 g/mol. The van der Waals surface area contributed by atoms with Gasteiger partial charge < -0.3 is 9.80 Å². The molecule has 0 N–H and O–H groups in total. The lowest BCUT2D eigenvalue weighted by molar-refractivity contribution is 0.222. The molecule has 0 bridgehead atoms. The number of rotatable bonds is 4. The number of anilines is 1. The molecule has 0 spiro atoms. The van der Waals surface area contributed by atoms with Crippen LogP contribution < -0.4 is 4.90 Å². The number of nitrogens with zero attached hydrogens (tertiary/aromatic N) is 4. The van der Waals surface area contributed by atoms with Crippen molar-refractivity contribution in [2.75, 3.05) is 38.6 Å². The summed E-state index contributed by atoms with van der Waals surface area (Å²) in [5.41, 5.74) is 0.985. The minimum absolute atomic E-state index is 0.585. The van der Waals surface area contributed by atoms with Crippen molar-refractivity contribution in [1.82, 2.24) is 14.9 Å². The lowest BCUT2D eigenvalue weighted by Gasteiger charge is -2.32. The van der Waals surface area contributed by atoms with Crippen LogP contribution in [-0.4, -0.2) is 48.6 Å². The molecule has 0 atom stereocenters. The summed E-state index contributed by atoms with van der Waals surface area (Å²) >= 11 is 6.22. The summed E-state index contributed by atoms with van der Waals surface area (Å²) in [7, 11) is 4.31. The van der Waals surface area contributed by atoms with Gasteiger partial charge in [-0.1, -0.05) is 18.5 Å². The predicted molar refractivity (Wildman–Crippen MR) is 84.6 cm³/mol. The Hall–Kier alpha value is -0.870. The van der Waals surface area contributed by atoms with E-state index >= 15 is 0 Å². The highest BCUT2D eigenvalue weighted by Gasteiger charge is 2.20. The van der Waals surface area contributed by atoms with Gasteiger partial charge in [-0.25, -0.2) is 9.97 Å². The highest BCUT2D eigenvalue weighted by Crippen LogP contribution is 2.25. The van der Waals surface area contributed by atoms with Crippen LogP contribution in [0.15, 0.2) is 0 Å². The first-order chi connectivity index (χ1) is 9.51. The molecule has 4 nitrogen and oxygen atoms in total. The van der Waals surface area contributed by atoms with Crippen LogP contribution >= 0.6 is 11.6 Å². The number of aryl methyl sites for hydroxylation is 1. The van der Waals surface area contributed by atoms with Gasteiger partial charge in [0.05, 0.1) is 0 Å². The molecule has 0 aromatic carbocycles. The average Bonchev–Trinajstić information content (AvgIpc) is 2.44. The molecule has 0 unspecified atom stereocenters. The molecular formula is C15H25ClN4. The van der Waals surface area contributed by atoms with Crippen LogP contribution in [0.3, 0.4) is 0 Å². The molecule has 5 heteroatoms. The van der Waals surface area contributed by atoms with Gasteiger partial charge in [-0.3, -0.25) is 0 Å². The van der Waals surface area contributed by atoms with Gasteiger partial charge in [-0.2, -0.15) is 0 Å². The van der Waals surface area contributed by atoms with E-state index in [1.165, 1.54) is 25.9 Å². The maximum Gasteiger partial charge on any atom is 0.137 e. The second kappa shape index (κ2) is 6.72. The molecule has 20 heavy (non-hydrogen) atoms. The van der Waals surface area contributed by atoms with Gasteiger partial charge in [0.1, 0.15) is 16.8 Å². The molecule has 1 fully saturated rings. The van der Waals surface area contributed by atoms with E-state index in [4.69, 9.17) is 11.6 Å². The highest BCUT2D eigenvalue weighted by atomic mass is 35.5. The van der Waals surface area contributed by atoms with Crippen LogP contribution in [0.4, 0.5) is 5.82 Å². The highest BCUT2D eigenvalue weighted by molar-refractivity contribution is 6.30. The number of likely N-dealkylation sites (tertiary alicyclic amines) is 1. The number of hydrogen-bond acceptors (Lipinski definition) is 4. The van der Waals surface area contributed by atoms with E-state index in [9.17, 15) is 0 Å². The largest absolute Gasteiger partial charge is 0.359 e. The molecule has 1 aromatic rings. The summed E-state index contributed by atoms with van der Waals surface area (Å²) in [5.74, 6) is 2.56. The van der Waals surface area contributed by atoms with Crippen LogP contribution in [-0.2, 0) is 6.42 Å². The fourth-order valence-corrected chi connectivity index (χ4v) is 2.95. The van der Waals surface area contributed by atoms with Crippen LogP contribution in [0.25, 0.3) is 0 Å². The smallest absolute Gasteiger partial charge is 0.137 e. The Kier molecular flexibility index (Phi) is 5.22. The first-order valence-electron chi connectivity index (χ1n) is 7.44. The van der Waals surface area contributed by atoms with Crippen LogP contribution in [0.2, 0.25) is 5.15 Å². The molecule has 1 saturated heterocycles. The van der Waals surface area contributed by atoms with E-state index in [0.717, 1.165) is 36.1 Å². The maximum atomic E-state index is 6.22. The van der Waals surface area contributed by atoms with Crippen molar-refractivity contribution < 1.29 is 0 Å². The Morgan fingerprint density at radius 3 is 2.55 bits per heavy atom. The summed E-state index contributed by atoms with van der Waals surface area (Å²) in [6, 6.07) is 0. The second-order valence-corrected chi connectivity index (χ2v) is 6.22. The minimum atomic E-state index is 0.585. The molecule has 112 valence electrons. The number of halogens is 1. The van der Waals surface area contributed by atoms with Gasteiger partial charge in [0.25, 0.3) is 0 Å². The molecule has 1 aliphatic rings. The van der Waals surface area contributed by atoms with Crippen molar-refractivity contribution in [3.05, 3.63) is 16.5 Å². The molecule has 1 aliphatic heterocycles. The Morgan fingerprint density at radius 1 is 1.30 bits per heavy atom. The van der Waals surface area contributed by atoms with Crippen molar-refractivity contribution in [2.45, 2.75) is 33.1 Å². The summed E-state index contributed by atoms with van der Waals surface area (Å²) < 4.78 is 0. The van der Waals surface area contributed by atoms with Crippen molar-refractivity contribution in [3.63, 3.8) is 0 Å². The van der Waals surface area contributed by atoms with Gasteiger partial charge in [0.15, 0.2) is 0 Å². The molecule has 0 radical (unpaired) electrons. The Bertz CT molecular complexity index is 455. The summed E-state index contributed by atoms with van der Waals surface area (Å²) in [6.07, 6.45) is 3.34. The number of hydrogen-bond donors (Lipinski definition) is 0. The number of aromatic nitrogens is 2. The van der Waals surface area contributed by atoms with Crippen molar-refractivity contribution in [3.8, 4) is 0 Å². The SMILES string of the molecule is CCc1nc(Cl)c(C)c(N(C)CC2CCN(C)CC2)n1. The Labute approximate surface area is 127 Å². The molecule has 2 rings (SSSR count). The van der Waals surface area contributed by atoms with Crippen molar-refractivity contribution in [1.29, 1.82) is 0 Å². The quantitative estimate of drug-likeness (QED) is 0.800. The lowest BCUT2D eigenvalue weighted by atomic mass is 9.96. The van der Waals surface area contributed by atoms with Crippen LogP contribution in [0, 0.1) is 12.8 Å². The van der Waals surface area contributed by atoms with Gasteiger partial charge in [0, 0.05) is 25.6 Å². The van der Waals surface area contributed by atoms with E-state index in [1.54, 1.807) is 0 Å². The zero-order valence-electron chi connectivity index (χ0n) is 13.0. The second-order valence-electron chi connectivity index (χ2n) is 5.86. The normalized spacial score (nSPS) is 17.4.